The molecule has 7 nitrogen and oxygen atoms in total. The minimum Gasteiger partial charge on any atom is -0.480 e. The van der Waals surface area contributed by atoms with Gasteiger partial charge in [0.05, 0.1) is 11.3 Å². The van der Waals surface area contributed by atoms with Crippen LogP contribution in [-0.4, -0.2) is 34.3 Å². The largest absolute Gasteiger partial charge is 0.480 e. The second-order valence-electron chi connectivity index (χ2n) is 3.77. The van der Waals surface area contributed by atoms with E-state index in [4.69, 9.17) is 15.9 Å². The molecular formula is C11H8N2O5. The lowest BCUT2D eigenvalue weighted by atomic mass is 9.81. The van der Waals surface area contributed by atoms with Crippen LogP contribution in [0.15, 0.2) is 23.2 Å². The summed E-state index contributed by atoms with van der Waals surface area (Å²) in [6.07, 6.45) is 0.925. The summed E-state index contributed by atoms with van der Waals surface area (Å²) in [6.45, 7) is 0. The Morgan fingerprint density at radius 3 is 2.39 bits per heavy atom. The lowest BCUT2D eigenvalue weighted by Gasteiger charge is -2.18. The number of hydrogen-bond donors (Lipinski definition) is 3. The molecule has 1 heterocycles. The number of carbonyl (C=O) groups excluding carboxylic acids is 1. The van der Waals surface area contributed by atoms with Crippen molar-refractivity contribution in [2.45, 2.75) is 5.41 Å². The Balaban J connectivity index is 2.65. The van der Waals surface area contributed by atoms with Crippen molar-refractivity contribution >= 4 is 29.7 Å². The number of rotatable bonds is 3. The molecule has 0 bridgehead atoms. The molecule has 1 aromatic rings. The van der Waals surface area contributed by atoms with Crippen molar-refractivity contribution in [1.29, 1.82) is 0 Å². The number of primary amides is 1. The van der Waals surface area contributed by atoms with E-state index in [-0.39, 0.29) is 16.8 Å². The number of aliphatic carboxylic acids is 1. The number of fused-ring (bicyclic) bond motifs is 1. The van der Waals surface area contributed by atoms with Gasteiger partial charge in [0.1, 0.15) is 0 Å². The van der Waals surface area contributed by atoms with Gasteiger partial charge in [0.25, 0.3) is 0 Å². The molecule has 2 rings (SSSR count). The van der Waals surface area contributed by atoms with Gasteiger partial charge in [-0.15, -0.1) is 0 Å². The predicted octanol–water partition coefficient (Wildman–Crippen LogP) is -0.0916. The van der Waals surface area contributed by atoms with Gasteiger partial charge in [-0.25, -0.2) is 4.79 Å². The first kappa shape index (κ1) is 11.8. The summed E-state index contributed by atoms with van der Waals surface area (Å²) < 4.78 is 0. The number of aromatic carboxylic acids is 1. The van der Waals surface area contributed by atoms with Crippen molar-refractivity contribution in [2.75, 3.05) is 0 Å². The molecular weight excluding hydrogens is 240 g/mol. The number of amides is 1. The van der Waals surface area contributed by atoms with E-state index in [0.717, 1.165) is 6.21 Å². The summed E-state index contributed by atoms with van der Waals surface area (Å²) in [7, 11) is 0. The zero-order valence-electron chi connectivity index (χ0n) is 8.95. The van der Waals surface area contributed by atoms with Crippen LogP contribution < -0.4 is 5.73 Å². The van der Waals surface area contributed by atoms with Crippen LogP contribution in [0.25, 0.3) is 0 Å². The highest BCUT2D eigenvalue weighted by atomic mass is 16.4. The third kappa shape index (κ3) is 1.37. The van der Waals surface area contributed by atoms with Crippen molar-refractivity contribution in [3.05, 3.63) is 29.3 Å². The van der Waals surface area contributed by atoms with Crippen molar-refractivity contribution < 1.29 is 24.6 Å². The zero-order valence-corrected chi connectivity index (χ0v) is 8.95. The van der Waals surface area contributed by atoms with E-state index in [0.29, 0.717) is 0 Å². The van der Waals surface area contributed by atoms with Crippen LogP contribution in [0.3, 0.4) is 0 Å². The fourth-order valence-electron chi connectivity index (χ4n) is 1.81. The van der Waals surface area contributed by atoms with Crippen LogP contribution in [0, 0.1) is 0 Å². The van der Waals surface area contributed by atoms with E-state index in [2.05, 4.69) is 4.99 Å². The van der Waals surface area contributed by atoms with Gasteiger partial charge in [-0.3, -0.25) is 14.6 Å². The van der Waals surface area contributed by atoms with Gasteiger partial charge in [-0.1, -0.05) is 6.07 Å². The van der Waals surface area contributed by atoms with E-state index < -0.39 is 23.3 Å². The molecule has 1 aliphatic rings. The van der Waals surface area contributed by atoms with E-state index in [1.165, 1.54) is 18.2 Å². The number of benzene rings is 1. The van der Waals surface area contributed by atoms with Gasteiger partial charge >= 0.3 is 11.9 Å². The Kier molecular flexibility index (Phi) is 2.39. The van der Waals surface area contributed by atoms with Crippen molar-refractivity contribution in [3.8, 4) is 0 Å². The van der Waals surface area contributed by atoms with Crippen LogP contribution in [0.4, 0.5) is 5.69 Å². The minimum absolute atomic E-state index is 0.0449. The molecule has 0 spiro atoms. The maximum absolute atomic E-state index is 11.4. The molecule has 1 aromatic carbocycles. The topological polar surface area (TPSA) is 130 Å². The van der Waals surface area contributed by atoms with Gasteiger partial charge < -0.3 is 15.9 Å². The van der Waals surface area contributed by atoms with Crippen LogP contribution in [0.2, 0.25) is 0 Å². The second-order valence-corrected chi connectivity index (χ2v) is 3.77. The molecule has 1 atom stereocenters. The van der Waals surface area contributed by atoms with E-state index >= 15 is 0 Å². The third-order valence-electron chi connectivity index (χ3n) is 2.79. The summed E-state index contributed by atoms with van der Waals surface area (Å²) in [6, 6.07) is 3.64. The number of carbonyl (C=O) groups is 3. The number of aliphatic imine (C=N–C) groups is 1. The quantitative estimate of drug-likeness (QED) is 0.643. The fraction of sp³-hybridized carbons (Fsp3) is 0.0909. The van der Waals surface area contributed by atoms with E-state index in [1.54, 1.807) is 0 Å². The molecule has 92 valence electrons. The average Bonchev–Trinajstić information content (AvgIpc) is 2.67. The summed E-state index contributed by atoms with van der Waals surface area (Å²) in [5, 5.41) is 18.0. The van der Waals surface area contributed by atoms with Crippen molar-refractivity contribution in [1.82, 2.24) is 0 Å². The molecule has 7 heteroatoms. The van der Waals surface area contributed by atoms with Gasteiger partial charge in [0.15, 0.2) is 0 Å². The molecule has 1 aliphatic heterocycles. The highest BCUT2D eigenvalue weighted by Gasteiger charge is 2.49. The Morgan fingerprint density at radius 1 is 1.22 bits per heavy atom. The molecule has 1 amide bonds. The second kappa shape index (κ2) is 3.66. The molecule has 0 radical (unpaired) electrons. The molecule has 0 fully saturated rings. The maximum Gasteiger partial charge on any atom is 0.335 e. The number of nitrogens with zero attached hydrogens (tertiary/aromatic N) is 1. The zero-order chi connectivity index (χ0) is 13.5. The Hall–Kier alpha value is -2.70. The van der Waals surface area contributed by atoms with Gasteiger partial charge in [0.2, 0.25) is 11.3 Å². The summed E-state index contributed by atoms with van der Waals surface area (Å²) in [5.41, 5.74) is 3.25. The molecule has 4 N–H and O–H groups in total. The standard InChI is InChI=1S/C11H8N2O5/c12-9(16)11(10(17)18)4-13-7-3-5(8(14)15)1-2-6(7)11/h1-4H,(H2,12,16)(H,14,15)(H,17,18). The lowest BCUT2D eigenvalue weighted by Crippen LogP contribution is -2.48. The number of carboxylic acid groups (broad SMARTS) is 2. The highest BCUT2D eigenvalue weighted by molar-refractivity contribution is 6.24. The van der Waals surface area contributed by atoms with E-state index in [9.17, 15) is 14.4 Å². The van der Waals surface area contributed by atoms with Crippen LogP contribution in [0.1, 0.15) is 15.9 Å². The highest BCUT2D eigenvalue weighted by Crippen LogP contribution is 2.37. The first-order valence-corrected chi connectivity index (χ1v) is 4.86. The molecule has 18 heavy (non-hydrogen) atoms. The third-order valence-corrected chi connectivity index (χ3v) is 2.79. The maximum atomic E-state index is 11.4. The summed E-state index contributed by atoms with van der Waals surface area (Å²) in [5.74, 6) is -3.68. The smallest absolute Gasteiger partial charge is 0.335 e. The normalized spacial score (nSPS) is 20.4. The van der Waals surface area contributed by atoms with Crippen LogP contribution in [0.5, 0.6) is 0 Å². The van der Waals surface area contributed by atoms with Crippen LogP contribution >= 0.6 is 0 Å². The first-order chi connectivity index (χ1) is 8.39. The predicted molar refractivity (Wildman–Crippen MR) is 60.1 cm³/mol. The van der Waals surface area contributed by atoms with Gasteiger partial charge in [-0.05, 0) is 12.1 Å². The lowest BCUT2D eigenvalue weighted by molar-refractivity contribution is -0.144. The monoisotopic (exact) mass is 248 g/mol. The van der Waals surface area contributed by atoms with Crippen molar-refractivity contribution in [3.63, 3.8) is 0 Å². The summed E-state index contributed by atoms with van der Waals surface area (Å²) >= 11 is 0. The SMILES string of the molecule is NC(=O)C1(C(=O)O)C=Nc2cc(C(=O)O)ccc21. The average molecular weight is 248 g/mol. The van der Waals surface area contributed by atoms with Crippen molar-refractivity contribution in [2.24, 2.45) is 10.7 Å². The fourth-order valence-corrected chi connectivity index (χ4v) is 1.81. The number of carboxylic acids is 2. The molecule has 0 aromatic heterocycles. The van der Waals surface area contributed by atoms with Crippen LogP contribution in [-0.2, 0) is 15.0 Å². The molecule has 0 saturated carbocycles. The van der Waals surface area contributed by atoms with Gasteiger partial charge in [-0.2, -0.15) is 0 Å². The Bertz CT molecular complexity index is 591. The molecule has 0 aliphatic carbocycles. The molecule has 1 unspecified atom stereocenters. The minimum atomic E-state index is -2.02. The Morgan fingerprint density at radius 2 is 1.89 bits per heavy atom. The van der Waals surface area contributed by atoms with Gasteiger partial charge in [0, 0.05) is 11.8 Å². The summed E-state index contributed by atoms with van der Waals surface area (Å²) in [4.78, 5) is 37.2. The van der Waals surface area contributed by atoms with E-state index in [1.807, 2.05) is 0 Å². The molecule has 0 saturated heterocycles. The number of nitrogens with two attached hydrogens (primary N) is 1. The number of hydrogen-bond acceptors (Lipinski definition) is 4. The Labute approximate surface area is 101 Å². The first-order valence-electron chi connectivity index (χ1n) is 4.86.